The molecule has 4 aliphatic carbocycles. The molecule has 3 saturated carbocycles. The number of aliphatic hydroxyl groups is 2. The van der Waals surface area contributed by atoms with E-state index < -0.39 is 18.2 Å². The Balaban J connectivity index is 1.06. The largest absolute Gasteiger partial charge is 0.875 e. The van der Waals surface area contributed by atoms with Crippen molar-refractivity contribution in [1.82, 2.24) is 0 Å². The van der Waals surface area contributed by atoms with Crippen LogP contribution >= 0.6 is 21.6 Å². The van der Waals surface area contributed by atoms with Crippen LogP contribution in [-0.2, 0) is 23.4 Å². The maximum atomic E-state index is 14.2. The standard InChI is InChI=1S/C55H65N3O7S2/c56-53(57)43-27-37-7-3-9-46-41(19-23-58-46)50(63)29-44-42(37)28-38(43)31-66-67-33-55-21-17-39(8-4-10-47(60)36-5-1-2-6-36)54(32-55,30-52(55)64)22-18-40(59)14-11-34-13-16-49(62)51(26-34)65-24-20-35-12-15-48(61)45(44)25-35/h12-13,15-16,18-19,22-23,25-28,36,39,44,47,52-53,60-64H,1-2,4-6,8-11,14,17,20-21,24,29-33,56-57H2/p-1. The highest BCUT2D eigenvalue weighted by Crippen LogP contribution is 2.64. The first-order valence-electron chi connectivity index (χ1n) is 24.3. The summed E-state index contributed by atoms with van der Waals surface area (Å²) >= 11 is 0. The van der Waals surface area contributed by atoms with Gasteiger partial charge in [0, 0.05) is 53.0 Å². The number of rotatable bonds is 6. The zero-order valence-corrected chi connectivity index (χ0v) is 39.9. The number of carbonyl (C=O) groups excluding carboxylic acids is 1. The molecule has 0 radical (unpaired) electrons. The van der Waals surface area contributed by atoms with Crippen LogP contribution in [0.5, 0.6) is 17.2 Å². The van der Waals surface area contributed by atoms with E-state index in [1.165, 1.54) is 12.8 Å². The minimum absolute atomic E-state index is 0.00278. The van der Waals surface area contributed by atoms with Crippen molar-refractivity contribution in [3.63, 3.8) is 0 Å². The molecule has 8 N–H and O–H groups in total. The maximum absolute atomic E-state index is 14.2. The number of aliphatic imine (C=N–C) groups is 1. The molecule has 0 aromatic heterocycles. The van der Waals surface area contributed by atoms with Crippen LogP contribution < -0.4 is 21.3 Å². The first-order valence-corrected chi connectivity index (χ1v) is 26.8. The molecule has 9 rings (SSSR count). The van der Waals surface area contributed by atoms with Gasteiger partial charge in [0.1, 0.15) is 5.75 Å². The van der Waals surface area contributed by atoms with E-state index in [1.54, 1.807) is 58.1 Å². The first-order chi connectivity index (χ1) is 32.4. The van der Waals surface area contributed by atoms with Crippen molar-refractivity contribution < 1.29 is 35.1 Å². The smallest absolute Gasteiger partial charge is 0.161 e. The second kappa shape index (κ2) is 20.6. The number of allylic oxidation sites excluding steroid dienone is 5. The molecule has 3 fully saturated rings. The van der Waals surface area contributed by atoms with Crippen molar-refractivity contribution in [1.29, 1.82) is 0 Å². The fraction of sp³-hybridized carbons (Fsp3) is 0.491. The summed E-state index contributed by atoms with van der Waals surface area (Å²) in [5.41, 5.74) is 19.0. The third kappa shape index (κ3) is 10.4. The number of phenolic OH excluding ortho intramolecular Hbond substituents is 2. The summed E-state index contributed by atoms with van der Waals surface area (Å²) in [6.45, 7) is 0.226. The predicted molar refractivity (Wildman–Crippen MR) is 265 cm³/mol. The quantitative estimate of drug-likeness (QED) is 0.0787. The molecule has 12 heteroatoms. The third-order valence-electron chi connectivity index (χ3n) is 15.8. The van der Waals surface area contributed by atoms with Crippen molar-refractivity contribution in [3.05, 3.63) is 123 Å². The molecule has 6 unspecified atom stereocenters. The van der Waals surface area contributed by atoms with Crippen molar-refractivity contribution in [2.24, 2.45) is 39.1 Å². The van der Waals surface area contributed by atoms with Crippen molar-refractivity contribution in [2.75, 3.05) is 12.4 Å². The Morgan fingerprint density at radius 2 is 1.76 bits per heavy atom. The molecule has 10 nitrogen and oxygen atoms in total. The molecule has 0 saturated heterocycles. The summed E-state index contributed by atoms with van der Waals surface area (Å²) in [6, 6.07) is 14.6. The Bertz CT molecular complexity index is 2540. The van der Waals surface area contributed by atoms with Crippen LogP contribution in [0.3, 0.4) is 0 Å². The molecule has 6 atom stereocenters. The van der Waals surface area contributed by atoms with E-state index in [2.05, 4.69) is 29.0 Å². The van der Waals surface area contributed by atoms with Crippen LogP contribution in [0.2, 0.25) is 0 Å². The number of aliphatic hydroxyl groups excluding tert-OH is 2. The summed E-state index contributed by atoms with van der Waals surface area (Å²) < 4.78 is 6.17. The molecule has 0 spiro atoms. The monoisotopic (exact) mass is 942 g/mol. The molecule has 8 bridgehead atoms. The van der Waals surface area contributed by atoms with Crippen LogP contribution in [0, 0.1) is 34.5 Å². The van der Waals surface area contributed by atoms with Gasteiger partial charge >= 0.3 is 0 Å². The van der Waals surface area contributed by atoms with Gasteiger partial charge in [0.15, 0.2) is 17.3 Å². The molecule has 2 heterocycles. The summed E-state index contributed by atoms with van der Waals surface area (Å²) in [5.74, 6) is 8.35. The number of carbonyl (C=O) groups is 1. The summed E-state index contributed by atoms with van der Waals surface area (Å²) in [5, 5.41) is 59.8. The van der Waals surface area contributed by atoms with Gasteiger partial charge in [-0.25, -0.2) is 0 Å². The molecular formula is C55H64N3O7S2-. The Morgan fingerprint density at radius 3 is 2.58 bits per heavy atom. The number of ether oxygens (including phenoxy) is 1. The number of fused-ring (bicyclic) bond motifs is 7. The molecule has 3 aromatic carbocycles. The number of phenols is 2. The highest BCUT2D eigenvalue weighted by atomic mass is 33.1. The lowest BCUT2D eigenvalue weighted by Gasteiger charge is -2.44. The summed E-state index contributed by atoms with van der Waals surface area (Å²) in [6.07, 6.45) is 17.8. The van der Waals surface area contributed by atoms with E-state index in [9.17, 15) is 30.3 Å². The Kier molecular flexibility index (Phi) is 14.6. The highest BCUT2D eigenvalue weighted by Gasteiger charge is 2.58. The highest BCUT2D eigenvalue weighted by molar-refractivity contribution is 8.76. The SMILES string of the molecule is NC(N)c1cc2c3cc1CSSCC14CCC(CCCC(O)C5CCCC5)C(C=CC(=O)CCc5ccc(O)c(c5)OCCc5ccc(O)c(c5)C3CC([O-])=C3C=CN=C3CC#C2)(CC1O)C4. The first kappa shape index (κ1) is 47.6. The van der Waals surface area contributed by atoms with Crippen LogP contribution in [0.1, 0.15) is 141 Å². The Hall–Kier alpha value is -4.48. The van der Waals surface area contributed by atoms with Gasteiger partial charge in [-0.3, -0.25) is 9.79 Å². The number of benzene rings is 3. The number of hydrogen-bond donors (Lipinski definition) is 6. The lowest BCUT2D eigenvalue weighted by atomic mass is 9.62. The maximum Gasteiger partial charge on any atom is 0.161 e. The molecule has 354 valence electrons. The summed E-state index contributed by atoms with van der Waals surface area (Å²) in [4.78, 5) is 18.1. The van der Waals surface area contributed by atoms with Gasteiger partial charge in [-0.2, -0.15) is 0 Å². The average Bonchev–Trinajstić information content (AvgIpc) is 4.08. The van der Waals surface area contributed by atoms with Gasteiger partial charge in [-0.1, -0.05) is 83.0 Å². The number of aryl methyl sites for hydroxylation is 1. The zero-order valence-electron chi connectivity index (χ0n) is 38.3. The second-order valence-corrected chi connectivity index (χ2v) is 22.5. The van der Waals surface area contributed by atoms with Crippen molar-refractivity contribution in [2.45, 2.75) is 133 Å². The van der Waals surface area contributed by atoms with E-state index in [4.69, 9.17) is 16.2 Å². The number of ketones is 1. The lowest BCUT2D eigenvalue weighted by Crippen LogP contribution is -2.38. The van der Waals surface area contributed by atoms with E-state index >= 15 is 0 Å². The molecule has 67 heavy (non-hydrogen) atoms. The van der Waals surface area contributed by atoms with E-state index in [0.717, 1.165) is 84.9 Å². The van der Waals surface area contributed by atoms with Crippen LogP contribution in [0.15, 0.2) is 89.3 Å². The van der Waals surface area contributed by atoms with E-state index in [0.29, 0.717) is 77.9 Å². The Labute approximate surface area is 402 Å². The predicted octanol–water partition coefficient (Wildman–Crippen LogP) is 8.71. The number of nitrogens with zero attached hydrogens (tertiary/aromatic N) is 1. The van der Waals surface area contributed by atoms with Crippen molar-refractivity contribution in [3.8, 4) is 29.1 Å². The van der Waals surface area contributed by atoms with Crippen LogP contribution in [0.4, 0.5) is 0 Å². The van der Waals surface area contributed by atoms with E-state index in [-0.39, 0.29) is 53.0 Å². The molecule has 3 aromatic rings. The average molecular weight is 943 g/mol. The van der Waals surface area contributed by atoms with E-state index in [1.807, 2.05) is 24.3 Å². The minimum atomic E-state index is -0.792. The second-order valence-electron chi connectivity index (χ2n) is 20.0. The Morgan fingerprint density at radius 1 is 0.955 bits per heavy atom. The number of nitrogens with two attached hydrogens (primary N) is 2. The fourth-order valence-electron chi connectivity index (χ4n) is 12.0. The fourth-order valence-corrected chi connectivity index (χ4v) is 14.8. The molecule has 6 aliphatic rings. The van der Waals surface area contributed by atoms with Crippen LogP contribution in [0.25, 0.3) is 0 Å². The van der Waals surface area contributed by atoms with Gasteiger partial charge in [-0.05, 0) is 151 Å². The zero-order chi connectivity index (χ0) is 46.7. The van der Waals surface area contributed by atoms with Gasteiger partial charge < -0.3 is 41.7 Å². The topological polar surface area (TPSA) is 195 Å². The third-order valence-corrected chi connectivity index (χ3v) is 18.3. The molecule has 0 amide bonds. The summed E-state index contributed by atoms with van der Waals surface area (Å²) in [7, 11) is 3.44. The van der Waals surface area contributed by atoms with Gasteiger partial charge in [0.2, 0.25) is 0 Å². The van der Waals surface area contributed by atoms with Crippen LogP contribution in [-0.4, -0.2) is 56.5 Å². The lowest BCUT2D eigenvalue weighted by molar-refractivity contribution is -0.307. The minimum Gasteiger partial charge on any atom is -0.875 e. The number of hydrogen-bond acceptors (Lipinski definition) is 12. The van der Waals surface area contributed by atoms with Crippen molar-refractivity contribution >= 4 is 33.1 Å². The molecular weight excluding hydrogens is 879 g/mol. The van der Waals surface area contributed by atoms with Gasteiger partial charge in [0.05, 0.1) is 37.1 Å². The molecule has 2 aliphatic heterocycles. The van der Waals surface area contributed by atoms with Gasteiger partial charge in [-0.15, -0.1) is 5.76 Å². The number of aromatic hydroxyl groups is 2. The van der Waals surface area contributed by atoms with Gasteiger partial charge in [0.25, 0.3) is 0 Å². The normalized spacial score (nSPS) is 27.3.